The molecule has 30 heavy (non-hydrogen) atoms. The molecule has 2 amide bonds. The second-order valence-corrected chi connectivity index (χ2v) is 9.12. The summed E-state index contributed by atoms with van der Waals surface area (Å²) >= 11 is 6.38. The summed E-state index contributed by atoms with van der Waals surface area (Å²) in [6.45, 7) is 7.96. The minimum atomic E-state index is -0.691. The van der Waals surface area contributed by atoms with Crippen molar-refractivity contribution in [2.75, 3.05) is 20.6 Å². The van der Waals surface area contributed by atoms with E-state index >= 15 is 0 Å². The van der Waals surface area contributed by atoms with Gasteiger partial charge in [-0.2, -0.15) is 0 Å². The molecule has 0 aromatic carbocycles. The molecule has 9 heteroatoms. The average Bonchev–Trinajstić information content (AvgIpc) is 2.91. The Morgan fingerprint density at radius 1 is 1.27 bits per heavy atom. The molecule has 0 unspecified atom stereocenters. The van der Waals surface area contributed by atoms with Crippen molar-refractivity contribution < 1.29 is 9.59 Å². The number of fused-ring (bicyclic) bond motifs is 1. The normalized spacial score (nSPS) is 15.8. The minimum absolute atomic E-state index is 0.240. The van der Waals surface area contributed by atoms with Gasteiger partial charge in [-0.05, 0) is 31.5 Å². The first-order chi connectivity index (χ1) is 14.1. The van der Waals surface area contributed by atoms with Gasteiger partial charge >= 0.3 is 0 Å². The largest absolute Gasteiger partial charge is 0.357 e. The fraction of sp³-hybridized carbons (Fsp3) is 0.524. The van der Waals surface area contributed by atoms with E-state index in [1.54, 1.807) is 25.5 Å². The number of pyridine rings is 1. The average molecular weight is 433 g/mol. The zero-order valence-electron chi connectivity index (χ0n) is 18.1. The van der Waals surface area contributed by atoms with Crippen LogP contribution in [-0.4, -0.2) is 57.9 Å². The molecule has 0 fully saturated rings. The van der Waals surface area contributed by atoms with E-state index in [4.69, 9.17) is 16.6 Å². The number of halogens is 1. The van der Waals surface area contributed by atoms with E-state index in [1.165, 1.54) is 0 Å². The molecular weight excluding hydrogens is 404 g/mol. The van der Waals surface area contributed by atoms with E-state index in [1.807, 2.05) is 27.8 Å². The van der Waals surface area contributed by atoms with Gasteiger partial charge in [-0.25, -0.2) is 4.98 Å². The van der Waals surface area contributed by atoms with Crippen LogP contribution in [0.15, 0.2) is 18.5 Å². The lowest BCUT2D eigenvalue weighted by molar-refractivity contribution is -0.124. The predicted molar refractivity (Wildman–Crippen MR) is 116 cm³/mol. The Kier molecular flexibility index (Phi) is 6.47. The maximum absolute atomic E-state index is 13.3. The first kappa shape index (κ1) is 22.2. The smallest absolute Gasteiger partial charge is 0.272 e. The molecule has 0 spiro atoms. The van der Waals surface area contributed by atoms with Crippen LogP contribution in [-0.2, 0) is 17.9 Å². The number of hydrogen-bond acceptors (Lipinski definition) is 5. The van der Waals surface area contributed by atoms with Crippen LogP contribution in [0.2, 0.25) is 5.02 Å². The van der Waals surface area contributed by atoms with Crippen molar-refractivity contribution in [2.24, 2.45) is 5.41 Å². The lowest BCUT2D eigenvalue weighted by Gasteiger charge is -2.29. The highest BCUT2D eigenvalue weighted by atomic mass is 35.5. The third kappa shape index (κ3) is 4.49. The van der Waals surface area contributed by atoms with E-state index in [0.29, 0.717) is 23.1 Å². The number of carbonyl (C=O) groups is 2. The third-order valence-corrected chi connectivity index (χ3v) is 5.59. The Hall–Kier alpha value is -2.45. The molecule has 1 aliphatic heterocycles. The van der Waals surface area contributed by atoms with Gasteiger partial charge in [-0.15, -0.1) is 0 Å². The molecule has 0 bridgehead atoms. The number of nitrogens with zero attached hydrogens (tertiary/aromatic N) is 4. The van der Waals surface area contributed by atoms with Gasteiger partial charge in [0.05, 0.1) is 10.7 Å². The molecule has 8 nitrogen and oxygen atoms in total. The molecule has 3 rings (SSSR count). The summed E-state index contributed by atoms with van der Waals surface area (Å²) in [7, 11) is 3.58. The van der Waals surface area contributed by atoms with Gasteiger partial charge in [0, 0.05) is 38.1 Å². The van der Waals surface area contributed by atoms with Crippen LogP contribution in [0.25, 0.3) is 11.4 Å². The minimum Gasteiger partial charge on any atom is -0.357 e. The number of rotatable bonds is 4. The Labute approximate surface area is 182 Å². The van der Waals surface area contributed by atoms with E-state index in [9.17, 15) is 9.59 Å². The van der Waals surface area contributed by atoms with Crippen molar-refractivity contribution in [1.29, 1.82) is 0 Å². The molecule has 1 aliphatic rings. The molecule has 2 aromatic heterocycles. The molecule has 0 aliphatic carbocycles. The fourth-order valence-electron chi connectivity index (χ4n) is 3.68. The molecule has 2 aromatic rings. The van der Waals surface area contributed by atoms with Gasteiger partial charge in [0.25, 0.3) is 5.91 Å². The summed E-state index contributed by atoms with van der Waals surface area (Å²) in [5.41, 5.74) is 1.42. The Morgan fingerprint density at radius 3 is 2.63 bits per heavy atom. The van der Waals surface area contributed by atoms with Crippen LogP contribution < -0.4 is 10.6 Å². The summed E-state index contributed by atoms with van der Waals surface area (Å²) in [6.07, 6.45) is 4.16. The number of carbonyl (C=O) groups excluding carboxylic acids is 2. The van der Waals surface area contributed by atoms with Crippen LogP contribution in [0.1, 0.15) is 43.4 Å². The second-order valence-electron chi connectivity index (χ2n) is 8.72. The number of nitrogens with one attached hydrogen (secondary N) is 2. The van der Waals surface area contributed by atoms with Crippen molar-refractivity contribution >= 4 is 23.4 Å². The van der Waals surface area contributed by atoms with Crippen molar-refractivity contribution in [2.45, 2.75) is 46.3 Å². The topological polar surface area (TPSA) is 92.1 Å². The molecule has 2 N–H and O–H groups in total. The van der Waals surface area contributed by atoms with Gasteiger partial charge < -0.3 is 20.1 Å². The summed E-state index contributed by atoms with van der Waals surface area (Å²) < 4.78 is 2.06. The predicted octanol–water partition coefficient (Wildman–Crippen LogP) is 2.32. The lowest BCUT2D eigenvalue weighted by Crippen LogP contribution is -2.53. The molecule has 3 heterocycles. The van der Waals surface area contributed by atoms with Crippen LogP contribution in [0, 0.1) is 5.41 Å². The zero-order chi connectivity index (χ0) is 22.1. The highest BCUT2D eigenvalue weighted by molar-refractivity contribution is 6.33. The zero-order valence-corrected chi connectivity index (χ0v) is 18.9. The number of imidazole rings is 1. The van der Waals surface area contributed by atoms with E-state index in [0.717, 1.165) is 30.8 Å². The van der Waals surface area contributed by atoms with E-state index in [-0.39, 0.29) is 11.8 Å². The Morgan fingerprint density at radius 2 is 2.00 bits per heavy atom. The number of likely N-dealkylation sites (N-methyl/N-ethyl adjacent to an activating group) is 1. The number of amides is 2. The van der Waals surface area contributed by atoms with Gasteiger partial charge in [0.1, 0.15) is 11.9 Å². The highest BCUT2D eigenvalue weighted by Gasteiger charge is 2.34. The fourth-order valence-corrected chi connectivity index (χ4v) is 3.89. The standard InChI is InChI=1S/C21H29ClN6O2/c1-21(2,3)17(20(30)23-4)26-19(29)16-15-12-27(5)9-6-10-28(15)18(25-16)13-7-8-24-11-14(13)22/h7-8,11,17H,6,9-10,12H2,1-5H3,(H,23,30)(H,26,29)/t17-/m1/s1. The van der Waals surface area contributed by atoms with Crippen molar-refractivity contribution in [3.8, 4) is 11.4 Å². The molecule has 0 saturated heterocycles. The van der Waals surface area contributed by atoms with Crippen LogP contribution in [0.4, 0.5) is 0 Å². The van der Waals surface area contributed by atoms with Gasteiger partial charge in [0.2, 0.25) is 5.91 Å². The third-order valence-electron chi connectivity index (χ3n) is 5.29. The quantitative estimate of drug-likeness (QED) is 0.773. The van der Waals surface area contributed by atoms with Gasteiger partial charge in [-0.1, -0.05) is 32.4 Å². The Balaban J connectivity index is 2.07. The van der Waals surface area contributed by atoms with Crippen LogP contribution >= 0.6 is 11.6 Å². The van der Waals surface area contributed by atoms with Crippen molar-refractivity contribution in [3.05, 3.63) is 34.9 Å². The molecule has 162 valence electrons. The summed E-state index contributed by atoms with van der Waals surface area (Å²) in [6, 6.07) is 1.11. The molecule has 0 radical (unpaired) electrons. The number of hydrogen-bond donors (Lipinski definition) is 2. The van der Waals surface area contributed by atoms with Crippen LogP contribution in [0.3, 0.4) is 0 Å². The van der Waals surface area contributed by atoms with Crippen molar-refractivity contribution in [1.82, 2.24) is 30.1 Å². The highest BCUT2D eigenvalue weighted by Crippen LogP contribution is 2.30. The first-order valence-electron chi connectivity index (χ1n) is 10.0. The number of aromatic nitrogens is 3. The van der Waals surface area contributed by atoms with Crippen molar-refractivity contribution in [3.63, 3.8) is 0 Å². The molecular formula is C21H29ClN6O2. The maximum Gasteiger partial charge on any atom is 0.272 e. The summed E-state index contributed by atoms with van der Waals surface area (Å²) in [4.78, 5) is 36.6. The lowest BCUT2D eigenvalue weighted by atomic mass is 9.86. The molecule has 0 saturated carbocycles. The van der Waals surface area contributed by atoms with Gasteiger partial charge in [-0.3, -0.25) is 14.6 Å². The first-order valence-corrected chi connectivity index (χ1v) is 10.4. The Bertz CT molecular complexity index is 949. The van der Waals surface area contributed by atoms with Crippen LogP contribution in [0.5, 0.6) is 0 Å². The summed E-state index contributed by atoms with van der Waals surface area (Å²) in [5.74, 6) is 0.0368. The SMILES string of the molecule is CNC(=O)[C@@H](NC(=O)c1nc(-c2ccncc2Cl)n2c1CN(C)CCC2)C(C)(C)C. The molecule has 1 atom stereocenters. The monoisotopic (exact) mass is 432 g/mol. The second kappa shape index (κ2) is 8.73. The van der Waals surface area contributed by atoms with E-state index in [2.05, 4.69) is 25.1 Å². The van der Waals surface area contributed by atoms with Gasteiger partial charge in [0.15, 0.2) is 5.69 Å². The maximum atomic E-state index is 13.3. The van der Waals surface area contributed by atoms with E-state index < -0.39 is 11.5 Å². The summed E-state index contributed by atoms with van der Waals surface area (Å²) in [5, 5.41) is 6.01.